The summed E-state index contributed by atoms with van der Waals surface area (Å²) in [4.78, 5) is 24.0. The normalized spacial score (nSPS) is 15.9. The second kappa shape index (κ2) is 7.09. The lowest BCUT2D eigenvalue weighted by Gasteiger charge is -2.29. The van der Waals surface area contributed by atoms with Crippen LogP contribution in [0.15, 0.2) is 17.7 Å². The van der Waals surface area contributed by atoms with Gasteiger partial charge in [0.25, 0.3) is 5.79 Å². The molecule has 0 bridgehead atoms. The first-order valence-corrected chi connectivity index (χ1v) is 7.91. The van der Waals surface area contributed by atoms with E-state index in [1.165, 1.54) is 27.0 Å². The maximum Gasteiger partial charge on any atom is 0.348 e. The number of rotatable bonds is 4. The molecular formula is C16H14INO6. The van der Waals surface area contributed by atoms with Crippen molar-refractivity contribution >= 4 is 40.6 Å². The van der Waals surface area contributed by atoms with Gasteiger partial charge in [0.2, 0.25) is 0 Å². The Morgan fingerprint density at radius 2 is 1.92 bits per heavy atom. The van der Waals surface area contributed by atoms with E-state index in [1.807, 2.05) is 28.7 Å². The van der Waals surface area contributed by atoms with Crippen LogP contribution in [-0.2, 0) is 19.1 Å². The zero-order valence-corrected chi connectivity index (χ0v) is 15.4. The third kappa shape index (κ3) is 3.97. The number of hydrogen-bond acceptors (Lipinski definition) is 7. The Bertz CT molecular complexity index is 741. The lowest BCUT2D eigenvalue weighted by atomic mass is 10.1. The summed E-state index contributed by atoms with van der Waals surface area (Å²) >= 11 is 2.01. The molecular weight excluding hydrogens is 429 g/mol. The predicted octanol–water partition coefficient (Wildman–Crippen LogP) is 2.42. The highest BCUT2D eigenvalue weighted by Crippen LogP contribution is 2.35. The van der Waals surface area contributed by atoms with Crippen LogP contribution < -0.4 is 9.47 Å². The molecule has 0 radical (unpaired) electrons. The number of carbonyl (C=O) groups excluding carboxylic acids is 2. The van der Waals surface area contributed by atoms with Gasteiger partial charge in [-0.15, -0.1) is 0 Å². The molecule has 0 spiro atoms. The molecule has 1 aromatic carbocycles. The van der Waals surface area contributed by atoms with Crippen LogP contribution in [0, 0.1) is 14.9 Å². The van der Waals surface area contributed by atoms with Crippen molar-refractivity contribution in [2.45, 2.75) is 19.6 Å². The molecule has 24 heavy (non-hydrogen) atoms. The van der Waals surface area contributed by atoms with Gasteiger partial charge in [-0.3, -0.25) is 0 Å². The van der Waals surface area contributed by atoms with E-state index in [1.54, 1.807) is 12.1 Å². The van der Waals surface area contributed by atoms with E-state index in [0.717, 1.165) is 0 Å². The molecule has 0 unspecified atom stereocenters. The highest BCUT2D eigenvalue weighted by Gasteiger charge is 2.38. The fourth-order valence-electron chi connectivity index (χ4n) is 2.01. The Kier molecular flexibility index (Phi) is 5.33. The van der Waals surface area contributed by atoms with Gasteiger partial charge < -0.3 is 18.9 Å². The fraction of sp³-hybridized carbons (Fsp3) is 0.312. The van der Waals surface area contributed by atoms with Gasteiger partial charge in [0, 0.05) is 13.8 Å². The number of halogens is 1. The quantitative estimate of drug-likeness (QED) is 0.305. The molecule has 0 aromatic heterocycles. The van der Waals surface area contributed by atoms with E-state index >= 15 is 0 Å². The molecule has 126 valence electrons. The van der Waals surface area contributed by atoms with Gasteiger partial charge in [0.1, 0.15) is 11.6 Å². The predicted molar refractivity (Wildman–Crippen MR) is 91.1 cm³/mol. The Balaban J connectivity index is 2.40. The summed E-state index contributed by atoms with van der Waals surface area (Å²) in [5, 5.41) is 8.62. The van der Waals surface area contributed by atoms with E-state index in [9.17, 15) is 9.59 Å². The van der Waals surface area contributed by atoms with Crippen molar-refractivity contribution in [1.82, 2.24) is 0 Å². The van der Waals surface area contributed by atoms with Crippen LogP contribution in [0.4, 0.5) is 0 Å². The molecule has 1 heterocycles. The third-order valence-electron chi connectivity index (χ3n) is 2.96. The molecule has 8 heteroatoms. The van der Waals surface area contributed by atoms with Crippen LogP contribution in [-0.4, -0.2) is 31.4 Å². The number of hydrogen-bond donors (Lipinski definition) is 0. The number of methoxy groups -OCH3 is 1. The van der Waals surface area contributed by atoms with Crippen LogP contribution in [0.2, 0.25) is 0 Å². The Morgan fingerprint density at radius 3 is 2.46 bits per heavy atom. The van der Waals surface area contributed by atoms with E-state index in [4.69, 9.17) is 24.2 Å². The van der Waals surface area contributed by atoms with E-state index in [-0.39, 0.29) is 12.2 Å². The van der Waals surface area contributed by atoms with Gasteiger partial charge in [-0.25, -0.2) is 9.59 Å². The summed E-state index contributed by atoms with van der Waals surface area (Å²) in [6.07, 6.45) is 1.36. The number of carbonyl (C=O) groups is 2. The van der Waals surface area contributed by atoms with Gasteiger partial charge in [-0.05, 0) is 46.4 Å². The number of nitrogens with zero attached hydrogens (tertiary/aromatic N) is 1. The summed E-state index contributed by atoms with van der Waals surface area (Å²) in [6, 6.07) is 5.15. The minimum Gasteiger partial charge on any atom is -0.493 e. The highest BCUT2D eigenvalue weighted by molar-refractivity contribution is 14.1. The summed E-state index contributed by atoms with van der Waals surface area (Å²) in [6.45, 7) is 2.83. The highest BCUT2D eigenvalue weighted by atomic mass is 127. The zero-order chi connectivity index (χ0) is 17.9. The minimum atomic E-state index is -1.29. The van der Waals surface area contributed by atoms with Gasteiger partial charge in [-0.1, -0.05) is 0 Å². The first-order valence-electron chi connectivity index (χ1n) is 6.83. The largest absolute Gasteiger partial charge is 0.493 e. The van der Waals surface area contributed by atoms with E-state index in [2.05, 4.69) is 0 Å². The molecule has 1 aliphatic rings. The molecule has 0 N–H and O–H groups in total. The molecule has 1 aromatic rings. The van der Waals surface area contributed by atoms with Crippen LogP contribution in [0.1, 0.15) is 19.4 Å². The SMILES string of the molecule is COc1cc(C=C2C(=O)OC(C)(C)OC2=O)cc(I)c1OCC#N. The molecule has 1 saturated heterocycles. The molecule has 2 rings (SSSR count). The molecule has 7 nitrogen and oxygen atoms in total. The molecule has 0 atom stereocenters. The van der Waals surface area contributed by atoms with Gasteiger partial charge in [0.05, 0.1) is 10.7 Å². The third-order valence-corrected chi connectivity index (χ3v) is 3.76. The molecule has 0 saturated carbocycles. The molecule has 1 fully saturated rings. The first kappa shape index (κ1) is 18.1. The molecule has 0 aliphatic carbocycles. The summed E-state index contributed by atoms with van der Waals surface area (Å²) in [5.41, 5.74) is 0.321. The molecule has 0 amide bonds. The Labute approximate surface area is 152 Å². The number of nitriles is 1. The Morgan fingerprint density at radius 1 is 1.29 bits per heavy atom. The van der Waals surface area contributed by atoms with Crippen molar-refractivity contribution in [2.24, 2.45) is 0 Å². The lowest BCUT2D eigenvalue weighted by molar-refractivity contribution is -0.222. The van der Waals surface area contributed by atoms with E-state index in [0.29, 0.717) is 20.6 Å². The summed E-state index contributed by atoms with van der Waals surface area (Å²) in [5.74, 6) is -2.00. The van der Waals surface area contributed by atoms with Gasteiger partial charge in [0.15, 0.2) is 18.1 Å². The minimum absolute atomic E-state index is 0.124. The average Bonchev–Trinajstić information content (AvgIpc) is 2.48. The number of ether oxygens (including phenoxy) is 4. The maximum atomic E-state index is 12.0. The van der Waals surface area contributed by atoms with Crippen LogP contribution in [0.25, 0.3) is 6.08 Å². The topological polar surface area (TPSA) is 94.8 Å². The van der Waals surface area contributed by atoms with Crippen molar-refractivity contribution in [3.8, 4) is 17.6 Å². The smallest absolute Gasteiger partial charge is 0.348 e. The lowest BCUT2D eigenvalue weighted by Crippen LogP contribution is -2.41. The fourth-order valence-corrected chi connectivity index (χ4v) is 2.79. The average molecular weight is 443 g/mol. The number of benzene rings is 1. The number of cyclic esters (lactones) is 2. The zero-order valence-electron chi connectivity index (χ0n) is 13.2. The van der Waals surface area contributed by atoms with Gasteiger partial charge in [-0.2, -0.15) is 5.26 Å². The monoisotopic (exact) mass is 443 g/mol. The van der Waals surface area contributed by atoms with Crippen LogP contribution in [0.3, 0.4) is 0 Å². The van der Waals surface area contributed by atoms with Crippen molar-refractivity contribution in [1.29, 1.82) is 5.26 Å². The molecule has 1 aliphatic heterocycles. The second-order valence-corrected chi connectivity index (χ2v) is 6.38. The summed E-state index contributed by atoms with van der Waals surface area (Å²) < 4.78 is 21.3. The van der Waals surface area contributed by atoms with E-state index < -0.39 is 17.7 Å². The van der Waals surface area contributed by atoms with Crippen molar-refractivity contribution in [3.05, 3.63) is 26.8 Å². The van der Waals surface area contributed by atoms with Crippen molar-refractivity contribution < 1.29 is 28.5 Å². The Hall–Kier alpha value is -2.28. The van der Waals surface area contributed by atoms with Crippen LogP contribution >= 0.6 is 22.6 Å². The first-order chi connectivity index (χ1) is 11.3. The standard InChI is InChI=1S/C16H14INO6/c1-16(2)23-14(19)10(15(20)24-16)6-9-7-11(17)13(22-5-4-18)12(8-9)21-3/h6-8H,5H2,1-3H3. The van der Waals surface area contributed by atoms with Gasteiger partial charge >= 0.3 is 11.9 Å². The summed E-state index contributed by atoms with van der Waals surface area (Å²) in [7, 11) is 1.45. The van der Waals surface area contributed by atoms with Crippen LogP contribution in [0.5, 0.6) is 11.5 Å². The number of esters is 2. The second-order valence-electron chi connectivity index (χ2n) is 5.22. The van der Waals surface area contributed by atoms with Crippen molar-refractivity contribution in [2.75, 3.05) is 13.7 Å². The van der Waals surface area contributed by atoms with Crippen molar-refractivity contribution in [3.63, 3.8) is 0 Å². The maximum absolute atomic E-state index is 12.0.